The SMILES string of the molecule is COCCN1CCCC(N)C1c1ccccc1C. The zero-order valence-corrected chi connectivity index (χ0v) is 11.4. The Morgan fingerprint density at radius 3 is 2.89 bits per heavy atom. The van der Waals surface area contributed by atoms with Gasteiger partial charge in [0.1, 0.15) is 0 Å². The molecule has 0 saturated carbocycles. The lowest BCUT2D eigenvalue weighted by atomic mass is 9.88. The van der Waals surface area contributed by atoms with Crippen molar-refractivity contribution in [1.82, 2.24) is 4.90 Å². The Bertz CT molecular complexity index is 381. The van der Waals surface area contributed by atoms with E-state index in [1.807, 2.05) is 0 Å². The van der Waals surface area contributed by atoms with Gasteiger partial charge in [0.25, 0.3) is 0 Å². The molecule has 1 aliphatic heterocycles. The van der Waals surface area contributed by atoms with Crippen LogP contribution < -0.4 is 5.73 Å². The van der Waals surface area contributed by atoms with E-state index < -0.39 is 0 Å². The molecule has 2 N–H and O–H groups in total. The smallest absolute Gasteiger partial charge is 0.0589 e. The maximum atomic E-state index is 6.36. The standard InChI is InChI=1S/C15H24N2O/c1-12-6-3-4-7-13(12)15-14(16)8-5-9-17(15)10-11-18-2/h3-4,6-7,14-15H,5,8-11,16H2,1-2H3. The lowest BCUT2D eigenvalue weighted by Crippen LogP contribution is -2.47. The van der Waals surface area contributed by atoms with E-state index in [9.17, 15) is 0 Å². The molecule has 100 valence electrons. The van der Waals surface area contributed by atoms with Crippen molar-refractivity contribution in [2.75, 3.05) is 26.8 Å². The summed E-state index contributed by atoms with van der Waals surface area (Å²) < 4.78 is 5.21. The monoisotopic (exact) mass is 248 g/mol. The van der Waals surface area contributed by atoms with Crippen LogP contribution in [0.15, 0.2) is 24.3 Å². The van der Waals surface area contributed by atoms with Gasteiger partial charge < -0.3 is 10.5 Å². The highest BCUT2D eigenvalue weighted by atomic mass is 16.5. The van der Waals surface area contributed by atoms with Gasteiger partial charge in [-0.1, -0.05) is 24.3 Å². The number of nitrogens with zero attached hydrogens (tertiary/aromatic N) is 1. The first kappa shape index (κ1) is 13.5. The fourth-order valence-electron chi connectivity index (χ4n) is 2.90. The molecule has 0 aromatic heterocycles. The molecule has 0 spiro atoms. The highest BCUT2D eigenvalue weighted by molar-refractivity contribution is 5.30. The van der Waals surface area contributed by atoms with E-state index in [0.717, 1.165) is 26.1 Å². The molecule has 1 aromatic rings. The van der Waals surface area contributed by atoms with Gasteiger partial charge in [0.05, 0.1) is 12.6 Å². The minimum atomic E-state index is 0.233. The average Bonchev–Trinajstić information content (AvgIpc) is 2.38. The van der Waals surface area contributed by atoms with Gasteiger partial charge in [-0.15, -0.1) is 0 Å². The normalized spacial score (nSPS) is 25.3. The Labute approximate surface area is 110 Å². The van der Waals surface area contributed by atoms with E-state index >= 15 is 0 Å². The van der Waals surface area contributed by atoms with Gasteiger partial charge in [-0.05, 0) is 37.4 Å². The van der Waals surface area contributed by atoms with Crippen LogP contribution in [0.3, 0.4) is 0 Å². The number of methoxy groups -OCH3 is 1. The first-order valence-corrected chi connectivity index (χ1v) is 6.78. The lowest BCUT2D eigenvalue weighted by Gasteiger charge is -2.40. The van der Waals surface area contributed by atoms with Gasteiger partial charge in [0.2, 0.25) is 0 Å². The maximum Gasteiger partial charge on any atom is 0.0589 e. The van der Waals surface area contributed by atoms with Crippen LogP contribution in [0.5, 0.6) is 0 Å². The summed E-state index contributed by atoms with van der Waals surface area (Å²) in [4.78, 5) is 2.47. The van der Waals surface area contributed by atoms with Crippen LogP contribution in [0.4, 0.5) is 0 Å². The number of nitrogens with two attached hydrogens (primary N) is 1. The van der Waals surface area contributed by atoms with Crippen LogP contribution in [0.2, 0.25) is 0 Å². The molecule has 0 radical (unpaired) electrons. The molecule has 18 heavy (non-hydrogen) atoms. The van der Waals surface area contributed by atoms with Gasteiger partial charge >= 0.3 is 0 Å². The minimum absolute atomic E-state index is 0.233. The highest BCUT2D eigenvalue weighted by Crippen LogP contribution is 2.31. The maximum absolute atomic E-state index is 6.36. The third-order valence-electron chi connectivity index (χ3n) is 3.87. The van der Waals surface area contributed by atoms with E-state index in [1.54, 1.807) is 7.11 Å². The molecule has 3 heteroatoms. The van der Waals surface area contributed by atoms with Crippen molar-refractivity contribution in [2.24, 2.45) is 5.73 Å². The molecular weight excluding hydrogens is 224 g/mol. The molecule has 2 rings (SSSR count). The summed E-state index contributed by atoms with van der Waals surface area (Å²) in [5.41, 5.74) is 9.07. The second kappa shape index (κ2) is 6.32. The van der Waals surface area contributed by atoms with Crippen LogP contribution in [0.1, 0.15) is 30.0 Å². The predicted molar refractivity (Wildman–Crippen MR) is 74.6 cm³/mol. The van der Waals surface area contributed by atoms with Crippen molar-refractivity contribution in [3.05, 3.63) is 35.4 Å². The summed E-state index contributed by atoms with van der Waals surface area (Å²) in [6.07, 6.45) is 2.30. The molecule has 1 saturated heterocycles. The van der Waals surface area contributed by atoms with E-state index in [0.29, 0.717) is 6.04 Å². The van der Waals surface area contributed by atoms with E-state index in [1.165, 1.54) is 17.5 Å². The lowest BCUT2D eigenvalue weighted by molar-refractivity contribution is 0.0845. The number of hydrogen-bond donors (Lipinski definition) is 1. The topological polar surface area (TPSA) is 38.5 Å². The van der Waals surface area contributed by atoms with Gasteiger partial charge in [0, 0.05) is 19.7 Å². The Morgan fingerprint density at radius 2 is 2.17 bits per heavy atom. The minimum Gasteiger partial charge on any atom is -0.383 e. The van der Waals surface area contributed by atoms with Crippen LogP contribution in [0.25, 0.3) is 0 Å². The van der Waals surface area contributed by atoms with E-state index in [2.05, 4.69) is 36.1 Å². The number of ether oxygens (including phenoxy) is 1. The molecule has 3 nitrogen and oxygen atoms in total. The average molecular weight is 248 g/mol. The summed E-state index contributed by atoms with van der Waals surface area (Å²) in [5.74, 6) is 0. The molecule has 0 aliphatic carbocycles. The molecule has 1 aromatic carbocycles. The van der Waals surface area contributed by atoms with E-state index in [-0.39, 0.29) is 6.04 Å². The first-order chi connectivity index (χ1) is 8.74. The van der Waals surface area contributed by atoms with Crippen molar-refractivity contribution in [3.8, 4) is 0 Å². The third-order valence-corrected chi connectivity index (χ3v) is 3.87. The molecule has 1 heterocycles. The van der Waals surface area contributed by atoms with Crippen molar-refractivity contribution in [1.29, 1.82) is 0 Å². The van der Waals surface area contributed by atoms with Gasteiger partial charge in [-0.2, -0.15) is 0 Å². The van der Waals surface area contributed by atoms with Crippen LogP contribution in [-0.4, -0.2) is 37.7 Å². The fraction of sp³-hybridized carbons (Fsp3) is 0.600. The Balaban J connectivity index is 2.21. The first-order valence-electron chi connectivity index (χ1n) is 6.78. The molecule has 0 amide bonds. The van der Waals surface area contributed by atoms with Crippen molar-refractivity contribution in [2.45, 2.75) is 31.8 Å². The van der Waals surface area contributed by atoms with Gasteiger partial charge in [0.15, 0.2) is 0 Å². The van der Waals surface area contributed by atoms with Gasteiger partial charge in [-0.25, -0.2) is 0 Å². The summed E-state index contributed by atoms with van der Waals surface area (Å²) in [6.45, 7) is 5.03. The van der Waals surface area contributed by atoms with E-state index in [4.69, 9.17) is 10.5 Å². The summed E-state index contributed by atoms with van der Waals surface area (Å²) in [5, 5.41) is 0. The molecule has 1 fully saturated rings. The van der Waals surface area contributed by atoms with Crippen molar-refractivity contribution >= 4 is 0 Å². The molecule has 2 unspecified atom stereocenters. The third kappa shape index (κ3) is 2.91. The van der Waals surface area contributed by atoms with Crippen molar-refractivity contribution < 1.29 is 4.74 Å². The Kier molecular flexibility index (Phi) is 4.75. The number of aryl methyl sites for hydroxylation is 1. The fourth-order valence-corrected chi connectivity index (χ4v) is 2.90. The summed E-state index contributed by atoms with van der Waals surface area (Å²) >= 11 is 0. The zero-order valence-electron chi connectivity index (χ0n) is 11.4. The largest absolute Gasteiger partial charge is 0.383 e. The molecule has 1 aliphatic rings. The number of piperidine rings is 1. The second-order valence-corrected chi connectivity index (χ2v) is 5.14. The summed E-state index contributed by atoms with van der Waals surface area (Å²) in [6, 6.07) is 9.16. The van der Waals surface area contributed by atoms with Crippen LogP contribution >= 0.6 is 0 Å². The van der Waals surface area contributed by atoms with Crippen LogP contribution in [-0.2, 0) is 4.74 Å². The summed E-state index contributed by atoms with van der Waals surface area (Å²) in [7, 11) is 1.76. The van der Waals surface area contributed by atoms with Crippen molar-refractivity contribution in [3.63, 3.8) is 0 Å². The molecular formula is C15H24N2O. The number of hydrogen-bond acceptors (Lipinski definition) is 3. The van der Waals surface area contributed by atoms with Crippen LogP contribution in [0, 0.1) is 6.92 Å². The number of rotatable bonds is 4. The Hall–Kier alpha value is -0.900. The zero-order chi connectivity index (χ0) is 13.0. The predicted octanol–water partition coefficient (Wildman–Crippen LogP) is 2.11. The second-order valence-electron chi connectivity index (χ2n) is 5.14. The Morgan fingerprint density at radius 1 is 1.39 bits per heavy atom. The highest BCUT2D eigenvalue weighted by Gasteiger charge is 2.30. The quantitative estimate of drug-likeness (QED) is 0.887. The molecule has 0 bridgehead atoms. The number of likely N-dealkylation sites (tertiary alicyclic amines) is 1. The number of benzene rings is 1. The van der Waals surface area contributed by atoms with Gasteiger partial charge in [-0.3, -0.25) is 4.90 Å². The molecule has 2 atom stereocenters.